The molecule has 118 valence electrons. The molecule has 0 fully saturated rings. The van der Waals surface area contributed by atoms with Gasteiger partial charge < -0.3 is 10.2 Å². The summed E-state index contributed by atoms with van der Waals surface area (Å²) in [6.45, 7) is 5.97. The Kier molecular flexibility index (Phi) is 5.89. The van der Waals surface area contributed by atoms with Gasteiger partial charge in [0.25, 0.3) is 0 Å². The van der Waals surface area contributed by atoms with Crippen molar-refractivity contribution in [1.82, 2.24) is 15.2 Å². The van der Waals surface area contributed by atoms with Crippen LogP contribution in [-0.4, -0.2) is 28.3 Å². The maximum atomic E-state index is 13.2. The highest BCUT2D eigenvalue weighted by Crippen LogP contribution is 2.22. The fourth-order valence-electron chi connectivity index (χ4n) is 2.06. The first-order valence-electron chi connectivity index (χ1n) is 7.30. The predicted octanol–water partition coefficient (Wildman–Crippen LogP) is 4.03. The molecule has 0 atom stereocenters. The van der Waals surface area contributed by atoms with E-state index in [1.165, 1.54) is 18.3 Å². The van der Waals surface area contributed by atoms with Crippen molar-refractivity contribution >= 4 is 29.1 Å². The Labute approximate surface area is 134 Å². The smallest absolute Gasteiger partial charge is 0.247 e. The van der Waals surface area contributed by atoms with E-state index in [-0.39, 0.29) is 5.02 Å². The van der Waals surface area contributed by atoms with Crippen LogP contribution in [0.4, 0.5) is 21.8 Å². The van der Waals surface area contributed by atoms with Crippen LogP contribution in [-0.2, 0) is 0 Å². The lowest BCUT2D eigenvalue weighted by Crippen LogP contribution is -2.27. The summed E-state index contributed by atoms with van der Waals surface area (Å²) in [6, 6.07) is 4.41. The number of benzene rings is 1. The largest absolute Gasteiger partial charge is 0.339 e. The number of nitrogens with zero attached hydrogens (tertiary/aromatic N) is 4. The topological polar surface area (TPSA) is 53.9 Å². The molecule has 0 saturated carbocycles. The van der Waals surface area contributed by atoms with Crippen LogP contribution in [0.1, 0.15) is 26.7 Å². The molecule has 0 aliphatic carbocycles. The van der Waals surface area contributed by atoms with Gasteiger partial charge in [0.15, 0.2) is 5.82 Å². The Morgan fingerprint density at radius 3 is 2.59 bits per heavy atom. The number of aromatic nitrogens is 3. The molecule has 2 aromatic rings. The number of hydrogen-bond donors (Lipinski definition) is 1. The molecule has 7 heteroatoms. The SMILES string of the molecule is CCCN(CCC)c1nncc(Nc2ccc(F)c(Cl)c2)n1. The summed E-state index contributed by atoms with van der Waals surface area (Å²) in [4.78, 5) is 6.56. The summed E-state index contributed by atoms with van der Waals surface area (Å²) in [7, 11) is 0. The van der Waals surface area contributed by atoms with Gasteiger partial charge in [-0.3, -0.25) is 0 Å². The van der Waals surface area contributed by atoms with E-state index in [1.54, 1.807) is 6.07 Å². The summed E-state index contributed by atoms with van der Waals surface area (Å²) < 4.78 is 13.2. The zero-order valence-electron chi connectivity index (χ0n) is 12.7. The molecule has 1 aromatic carbocycles. The molecule has 1 aromatic heterocycles. The third kappa shape index (κ3) is 4.27. The zero-order chi connectivity index (χ0) is 15.9. The number of nitrogens with one attached hydrogen (secondary N) is 1. The second-order valence-corrected chi connectivity index (χ2v) is 5.29. The van der Waals surface area contributed by atoms with E-state index in [9.17, 15) is 4.39 Å². The van der Waals surface area contributed by atoms with Gasteiger partial charge in [0.05, 0.1) is 11.2 Å². The normalized spacial score (nSPS) is 10.5. The first-order valence-corrected chi connectivity index (χ1v) is 7.68. The summed E-state index contributed by atoms with van der Waals surface area (Å²) in [5.74, 6) is 0.678. The Morgan fingerprint density at radius 1 is 1.23 bits per heavy atom. The van der Waals surface area contributed by atoms with Crippen LogP contribution < -0.4 is 10.2 Å². The van der Waals surface area contributed by atoms with E-state index in [0.717, 1.165) is 25.9 Å². The number of hydrogen-bond acceptors (Lipinski definition) is 5. The number of halogens is 2. The molecular weight excluding hydrogens is 305 g/mol. The summed E-state index contributed by atoms with van der Waals surface area (Å²) >= 11 is 5.77. The van der Waals surface area contributed by atoms with Crippen molar-refractivity contribution in [2.75, 3.05) is 23.3 Å². The third-order valence-corrected chi connectivity index (χ3v) is 3.30. The lowest BCUT2D eigenvalue weighted by atomic mass is 10.3. The van der Waals surface area contributed by atoms with Crippen LogP contribution >= 0.6 is 11.6 Å². The van der Waals surface area contributed by atoms with Crippen LogP contribution in [0.25, 0.3) is 0 Å². The van der Waals surface area contributed by atoms with Gasteiger partial charge in [0.2, 0.25) is 5.95 Å². The molecule has 1 heterocycles. The molecule has 0 unspecified atom stereocenters. The molecule has 0 aliphatic rings. The molecule has 0 aliphatic heterocycles. The molecule has 1 N–H and O–H groups in total. The van der Waals surface area contributed by atoms with E-state index in [0.29, 0.717) is 17.5 Å². The quantitative estimate of drug-likeness (QED) is 0.833. The highest BCUT2D eigenvalue weighted by molar-refractivity contribution is 6.31. The van der Waals surface area contributed by atoms with Crippen LogP contribution in [0.2, 0.25) is 5.02 Å². The van der Waals surface area contributed by atoms with Crippen LogP contribution in [0.15, 0.2) is 24.4 Å². The third-order valence-electron chi connectivity index (χ3n) is 3.01. The Hall–Kier alpha value is -1.95. The molecule has 22 heavy (non-hydrogen) atoms. The van der Waals surface area contributed by atoms with Gasteiger partial charge in [-0.25, -0.2) is 4.39 Å². The predicted molar refractivity (Wildman–Crippen MR) is 87.3 cm³/mol. The fourth-order valence-corrected chi connectivity index (χ4v) is 2.24. The van der Waals surface area contributed by atoms with E-state index in [1.807, 2.05) is 0 Å². The highest BCUT2D eigenvalue weighted by atomic mass is 35.5. The molecule has 0 radical (unpaired) electrons. The molecule has 2 rings (SSSR count). The molecule has 0 spiro atoms. The van der Waals surface area contributed by atoms with Gasteiger partial charge in [0, 0.05) is 18.8 Å². The monoisotopic (exact) mass is 323 g/mol. The Morgan fingerprint density at radius 2 is 1.95 bits per heavy atom. The minimum Gasteiger partial charge on any atom is -0.339 e. The van der Waals surface area contributed by atoms with Gasteiger partial charge in [-0.1, -0.05) is 25.4 Å². The molecule has 0 amide bonds. The van der Waals surface area contributed by atoms with Crippen LogP contribution in [0, 0.1) is 5.82 Å². The molecule has 5 nitrogen and oxygen atoms in total. The van der Waals surface area contributed by atoms with Gasteiger partial charge in [-0.2, -0.15) is 10.1 Å². The highest BCUT2D eigenvalue weighted by Gasteiger charge is 2.10. The van der Waals surface area contributed by atoms with Crippen molar-refractivity contribution in [3.63, 3.8) is 0 Å². The van der Waals surface area contributed by atoms with Crippen molar-refractivity contribution < 1.29 is 4.39 Å². The lowest BCUT2D eigenvalue weighted by Gasteiger charge is -2.21. The van der Waals surface area contributed by atoms with E-state index >= 15 is 0 Å². The average Bonchev–Trinajstić information content (AvgIpc) is 2.51. The second-order valence-electron chi connectivity index (χ2n) is 4.88. The first-order chi connectivity index (χ1) is 10.6. The maximum absolute atomic E-state index is 13.2. The van der Waals surface area contributed by atoms with Gasteiger partial charge >= 0.3 is 0 Å². The standard InChI is InChI=1S/C15H19ClFN5/c1-3-7-22(8-4-2)15-20-14(10-18-21-15)19-11-5-6-13(17)12(16)9-11/h5-6,9-10H,3-4,7-8H2,1-2H3,(H,19,20,21). The van der Waals surface area contributed by atoms with E-state index in [2.05, 4.69) is 39.2 Å². The maximum Gasteiger partial charge on any atom is 0.247 e. The van der Waals surface area contributed by atoms with Crippen molar-refractivity contribution in [3.05, 3.63) is 35.2 Å². The first kappa shape index (κ1) is 16.4. The second kappa shape index (κ2) is 7.89. The fraction of sp³-hybridized carbons (Fsp3) is 0.400. The molecule has 0 saturated heterocycles. The summed E-state index contributed by atoms with van der Waals surface area (Å²) in [6.07, 6.45) is 3.54. The summed E-state index contributed by atoms with van der Waals surface area (Å²) in [5, 5.41) is 11.2. The van der Waals surface area contributed by atoms with Crippen molar-refractivity contribution in [3.8, 4) is 0 Å². The van der Waals surface area contributed by atoms with Gasteiger partial charge in [0.1, 0.15) is 5.82 Å². The van der Waals surface area contributed by atoms with Crippen molar-refractivity contribution in [2.45, 2.75) is 26.7 Å². The Balaban J connectivity index is 2.18. The van der Waals surface area contributed by atoms with Crippen LogP contribution in [0.3, 0.4) is 0 Å². The lowest BCUT2D eigenvalue weighted by molar-refractivity contribution is 0.628. The minimum atomic E-state index is -0.453. The van der Waals surface area contributed by atoms with Crippen molar-refractivity contribution in [1.29, 1.82) is 0 Å². The minimum absolute atomic E-state index is 0.0610. The average molecular weight is 324 g/mol. The van der Waals surface area contributed by atoms with Gasteiger partial charge in [-0.05, 0) is 31.0 Å². The number of anilines is 3. The van der Waals surface area contributed by atoms with E-state index < -0.39 is 5.82 Å². The molecule has 0 bridgehead atoms. The van der Waals surface area contributed by atoms with Crippen molar-refractivity contribution in [2.24, 2.45) is 0 Å². The summed E-state index contributed by atoms with van der Waals surface area (Å²) in [5.41, 5.74) is 0.649. The Bertz CT molecular complexity index is 617. The van der Waals surface area contributed by atoms with Crippen LogP contribution in [0.5, 0.6) is 0 Å². The van der Waals surface area contributed by atoms with E-state index in [4.69, 9.17) is 11.6 Å². The molecular formula is C15H19ClFN5. The number of rotatable bonds is 7. The zero-order valence-corrected chi connectivity index (χ0v) is 13.4. The van der Waals surface area contributed by atoms with Gasteiger partial charge in [-0.15, -0.1) is 5.10 Å².